The first-order chi connectivity index (χ1) is 16.8. The number of aromatic amines is 1. The Hall–Kier alpha value is -4.10. The van der Waals surface area contributed by atoms with Crippen LogP contribution in [-0.2, 0) is 15.8 Å². The third-order valence-corrected chi connectivity index (χ3v) is 6.80. The monoisotopic (exact) mass is 492 g/mol. The predicted octanol–water partition coefficient (Wildman–Crippen LogP) is 5.54. The van der Waals surface area contributed by atoms with Crippen LogP contribution in [0.4, 0.5) is 18.9 Å². The van der Waals surface area contributed by atoms with Crippen molar-refractivity contribution in [3.63, 3.8) is 0 Å². The first-order valence-corrected chi connectivity index (χ1v) is 11.3. The quantitative estimate of drug-likeness (QED) is 0.378. The first-order valence-electron chi connectivity index (χ1n) is 10.4. The number of pyridine rings is 1. The van der Waals surface area contributed by atoms with Gasteiger partial charge in [0.05, 0.1) is 27.8 Å². The van der Waals surface area contributed by atoms with Crippen LogP contribution >= 0.6 is 11.8 Å². The van der Waals surface area contributed by atoms with Gasteiger partial charge in [0.15, 0.2) is 0 Å². The number of hydrogen-bond donors (Lipinski definition) is 1. The number of alkyl halides is 3. The van der Waals surface area contributed by atoms with Crippen molar-refractivity contribution in [1.82, 2.24) is 9.97 Å². The highest BCUT2D eigenvalue weighted by Crippen LogP contribution is 2.41. The van der Waals surface area contributed by atoms with Gasteiger partial charge in [0.2, 0.25) is 11.8 Å². The summed E-state index contributed by atoms with van der Waals surface area (Å²) in [5, 5.41) is 9.20. The van der Waals surface area contributed by atoms with E-state index in [0.29, 0.717) is 23.0 Å². The smallest absolute Gasteiger partial charge is 0.361 e. The van der Waals surface area contributed by atoms with Gasteiger partial charge in [0.1, 0.15) is 11.1 Å². The zero-order valence-corrected chi connectivity index (χ0v) is 18.7. The summed E-state index contributed by atoms with van der Waals surface area (Å²) in [6.07, 6.45) is -3.30. The van der Waals surface area contributed by atoms with Crippen molar-refractivity contribution in [2.24, 2.45) is 0 Å². The van der Waals surface area contributed by atoms with Crippen LogP contribution in [-0.4, -0.2) is 27.0 Å². The largest absolute Gasteiger partial charge is 0.417 e. The number of nitriles is 1. The van der Waals surface area contributed by atoms with Crippen molar-refractivity contribution >= 4 is 40.2 Å². The van der Waals surface area contributed by atoms with Crippen molar-refractivity contribution < 1.29 is 22.8 Å². The molecule has 1 fully saturated rings. The van der Waals surface area contributed by atoms with Crippen LogP contribution in [0.5, 0.6) is 0 Å². The highest BCUT2D eigenvalue weighted by Gasteiger charge is 2.42. The number of rotatable bonds is 4. The van der Waals surface area contributed by atoms with Crippen molar-refractivity contribution in [3.8, 4) is 17.3 Å². The Kier molecular flexibility index (Phi) is 5.57. The van der Waals surface area contributed by atoms with E-state index in [0.717, 1.165) is 21.9 Å². The molecule has 174 valence electrons. The maximum Gasteiger partial charge on any atom is 0.417 e. The van der Waals surface area contributed by atoms with Crippen molar-refractivity contribution in [2.45, 2.75) is 22.9 Å². The number of H-pyrrole nitrogens is 1. The van der Waals surface area contributed by atoms with E-state index in [1.54, 1.807) is 60.8 Å². The number of carbonyl (C=O) groups excluding carboxylic acids is 2. The summed E-state index contributed by atoms with van der Waals surface area (Å²) in [5.41, 5.74) is -0.265. The molecule has 0 spiro atoms. The summed E-state index contributed by atoms with van der Waals surface area (Å²) in [5.74, 6) is -1.05. The molecule has 0 bridgehead atoms. The van der Waals surface area contributed by atoms with Gasteiger partial charge in [-0.05, 0) is 29.7 Å². The zero-order valence-electron chi connectivity index (χ0n) is 17.8. The van der Waals surface area contributed by atoms with E-state index in [-0.39, 0.29) is 17.1 Å². The van der Waals surface area contributed by atoms with Gasteiger partial charge in [0.25, 0.3) is 0 Å². The van der Waals surface area contributed by atoms with Gasteiger partial charge in [-0.2, -0.15) is 18.4 Å². The van der Waals surface area contributed by atoms with Gasteiger partial charge in [-0.25, -0.2) is 9.88 Å². The molecule has 0 saturated carbocycles. The van der Waals surface area contributed by atoms with E-state index >= 15 is 0 Å². The van der Waals surface area contributed by atoms with E-state index in [9.17, 15) is 28.0 Å². The molecule has 1 N–H and O–H groups in total. The second-order valence-corrected chi connectivity index (χ2v) is 9.03. The van der Waals surface area contributed by atoms with E-state index in [1.165, 1.54) is 0 Å². The van der Waals surface area contributed by atoms with Gasteiger partial charge in [-0.15, -0.1) is 0 Å². The van der Waals surface area contributed by atoms with E-state index < -0.39 is 34.4 Å². The number of imide groups is 1. The Morgan fingerprint density at radius 2 is 1.86 bits per heavy atom. The number of carbonyl (C=O) groups is 2. The van der Waals surface area contributed by atoms with Crippen molar-refractivity contribution in [3.05, 3.63) is 78.0 Å². The van der Waals surface area contributed by atoms with E-state index in [1.807, 2.05) is 6.07 Å². The van der Waals surface area contributed by atoms with Crippen LogP contribution in [0.25, 0.3) is 22.2 Å². The van der Waals surface area contributed by atoms with Crippen LogP contribution in [0, 0.1) is 11.3 Å². The third-order valence-electron chi connectivity index (χ3n) is 5.63. The summed E-state index contributed by atoms with van der Waals surface area (Å²) in [6, 6.07) is 17.6. The summed E-state index contributed by atoms with van der Waals surface area (Å²) >= 11 is 0.704. The molecule has 0 radical (unpaired) electrons. The average molecular weight is 492 g/mol. The van der Waals surface area contributed by atoms with E-state index in [4.69, 9.17) is 0 Å². The molecule has 2 aromatic carbocycles. The number of nitrogens with one attached hydrogen (secondary N) is 1. The summed E-state index contributed by atoms with van der Waals surface area (Å²) < 4.78 is 41.5. The molecule has 35 heavy (non-hydrogen) atoms. The van der Waals surface area contributed by atoms with Crippen LogP contribution in [0.1, 0.15) is 17.5 Å². The Labute approximate surface area is 201 Å². The lowest BCUT2D eigenvalue weighted by Gasteiger charge is -2.17. The Morgan fingerprint density at radius 3 is 2.57 bits per heavy atom. The Bertz CT molecular complexity index is 1510. The second-order valence-electron chi connectivity index (χ2n) is 7.84. The lowest BCUT2D eigenvalue weighted by atomic mass is 10.1. The highest BCUT2D eigenvalue weighted by molar-refractivity contribution is 8.00. The van der Waals surface area contributed by atoms with Crippen LogP contribution in [0.3, 0.4) is 0 Å². The number of fused-ring (bicyclic) bond motifs is 1. The Balaban J connectivity index is 1.53. The summed E-state index contributed by atoms with van der Waals surface area (Å²) in [7, 11) is 0. The maximum absolute atomic E-state index is 13.8. The minimum atomic E-state index is -4.81. The predicted molar refractivity (Wildman–Crippen MR) is 124 cm³/mol. The van der Waals surface area contributed by atoms with Crippen LogP contribution in [0.15, 0.2) is 71.9 Å². The molecule has 1 unspecified atom stereocenters. The minimum absolute atomic E-state index is 0.0188. The summed E-state index contributed by atoms with van der Waals surface area (Å²) in [6.45, 7) is 0. The number of benzene rings is 2. The van der Waals surface area contributed by atoms with Gasteiger partial charge in [-0.1, -0.05) is 48.2 Å². The third kappa shape index (κ3) is 4.15. The molecule has 3 heterocycles. The fraction of sp³-hybridized carbons (Fsp3) is 0.120. The number of amides is 2. The van der Waals surface area contributed by atoms with Crippen LogP contribution in [0.2, 0.25) is 0 Å². The molecular formula is C25H15F3N4O2S. The van der Waals surface area contributed by atoms with Gasteiger partial charge >= 0.3 is 6.18 Å². The SMILES string of the molecule is N#Cc1c(C(F)(F)F)cc(-c2ccccc2)nc1SC1CC(=O)N(c2ccc3cc[nH]c3c2)C1=O. The van der Waals surface area contributed by atoms with Gasteiger partial charge < -0.3 is 4.98 Å². The lowest BCUT2D eigenvalue weighted by Crippen LogP contribution is -2.31. The highest BCUT2D eigenvalue weighted by atomic mass is 32.2. The average Bonchev–Trinajstić information content (AvgIpc) is 3.41. The fourth-order valence-electron chi connectivity index (χ4n) is 3.97. The van der Waals surface area contributed by atoms with Crippen molar-refractivity contribution in [1.29, 1.82) is 5.26 Å². The van der Waals surface area contributed by atoms with E-state index in [2.05, 4.69) is 9.97 Å². The zero-order chi connectivity index (χ0) is 24.7. The topological polar surface area (TPSA) is 89.8 Å². The number of thioether (sulfide) groups is 1. The van der Waals surface area contributed by atoms with Crippen molar-refractivity contribution in [2.75, 3.05) is 4.90 Å². The fourth-order valence-corrected chi connectivity index (χ4v) is 5.10. The second kappa shape index (κ2) is 8.60. The molecule has 2 aromatic heterocycles. The molecular weight excluding hydrogens is 477 g/mol. The maximum atomic E-state index is 13.8. The molecule has 1 saturated heterocycles. The molecule has 2 amide bonds. The molecule has 1 aliphatic rings. The molecule has 1 atom stereocenters. The number of aromatic nitrogens is 2. The number of anilines is 1. The summed E-state index contributed by atoms with van der Waals surface area (Å²) in [4.78, 5) is 34.3. The minimum Gasteiger partial charge on any atom is -0.361 e. The molecule has 5 rings (SSSR count). The molecule has 10 heteroatoms. The molecule has 4 aromatic rings. The molecule has 0 aliphatic carbocycles. The van der Waals surface area contributed by atoms with Gasteiger partial charge in [-0.3, -0.25) is 9.59 Å². The number of hydrogen-bond acceptors (Lipinski definition) is 5. The Morgan fingerprint density at radius 1 is 1.09 bits per heavy atom. The normalized spacial score (nSPS) is 16.2. The first kappa shape index (κ1) is 22.7. The number of nitrogens with zero attached hydrogens (tertiary/aromatic N) is 3. The standard InChI is InChI=1S/C25H15F3N4O2S/c26-25(27,28)18-11-20(14-4-2-1-3-5-14)31-23(17(18)13-29)35-21-12-22(33)32(24(21)34)16-7-6-15-8-9-30-19(15)10-16/h1-11,21,30H,12H2. The number of halogens is 3. The lowest BCUT2D eigenvalue weighted by molar-refractivity contribution is -0.138. The molecule has 6 nitrogen and oxygen atoms in total. The van der Waals surface area contributed by atoms with Crippen LogP contribution < -0.4 is 4.90 Å². The van der Waals surface area contributed by atoms with Gasteiger partial charge in [0, 0.05) is 23.7 Å². The molecule has 1 aliphatic heterocycles.